The second kappa shape index (κ2) is 7.08. The molecule has 0 atom stereocenters. The number of cyclic esters (lactones) is 2. The molecule has 0 aromatic rings. The summed E-state index contributed by atoms with van der Waals surface area (Å²) >= 11 is 0. The summed E-state index contributed by atoms with van der Waals surface area (Å²) < 4.78 is 3.97. The van der Waals surface area contributed by atoms with Gasteiger partial charge in [-0.2, -0.15) is 0 Å². The van der Waals surface area contributed by atoms with Crippen LogP contribution in [0.15, 0.2) is 12.2 Å². The second-order valence-electron chi connectivity index (χ2n) is 1.32. The molecule has 6 nitrogen and oxygen atoms in total. The predicted octanol–water partition coefficient (Wildman–Crippen LogP) is -3.20. The van der Waals surface area contributed by atoms with Crippen molar-refractivity contribution in [2.75, 3.05) is 0 Å². The number of hydrogen-bond donors (Lipinski definition) is 0. The van der Waals surface area contributed by atoms with Gasteiger partial charge in [-0.25, -0.2) is 9.59 Å². The Morgan fingerprint density at radius 3 is 1.50 bits per heavy atom. The molecule has 0 aromatic carbocycles. The first-order chi connectivity index (χ1) is 5.02. The summed E-state index contributed by atoms with van der Waals surface area (Å²) in [6.07, 6.45) is -0.162. The third kappa shape index (κ3) is 9.41. The van der Waals surface area contributed by atoms with Crippen LogP contribution in [-0.4, -0.2) is 55.8 Å². The molecular formula is C5H2CaO6. The van der Waals surface area contributed by atoms with Crippen LogP contribution < -0.4 is 10.2 Å². The number of carbonyl (C=O) groups is 3. The zero-order valence-electron chi connectivity index (χ0n) is 5.81. The van der Waals surface area contributed by atoms with E-state index in [2.05, 4.69) is 4.74 Å². The third-order valence-electron chi connectivity index (χ3n) is 0.557. The Hall–Kier alpha value is -0.590. The van der Waals surface area contributed by atoms with Gasteiger partial charge in [-0.3, -0.25) is 0 Å². The van der Waals surface area contributed by atoms with Crippen LogP contribution in [0, 0.1) is 0 Å². The molecule has 0 amide bonds. The van der Waals surface area contributed by atoms with Gasteiger partial charge in [-0.05, 0) is 6.16 Å². The Kier molecular flexibility index (Phi) is 8.24. The standard InChI is InChI=1S/C4H2O3.CH2O3.Ca/c5-3-1-2-4(6)7-3;2-1(3)4;/h1-2H;(H2,2,3,4);/q;;+2/p-2. The summed E-state index contributed by atoms with van der Waals surface area (Å²) in [7, 11) is 0. The molecule has 7 heteroatoms. The first-order valence-electron chi connectivity index (χ1n) is 2.34. The van der Waals surface area contributed by atoms with E-state index in [1.54, 1.807) is 0 Å². The van der Waals surface area contributed by atoms with Crippen molar-refractivity contribution in [3.05, 3.63) is 12.2 Å². The van der Waals surface area contributed by atoms with E-state index in [4.69, 9.17) is 15.0 Å². The smallest absolute Gasteiger partial charge is 0.652 e. The number of hydrogen-bond acceptors (Lipinski definition) is 6. The average molecular weight is 198 g/mol. The van der Waals surface area contributed by atoms with E-state index in [0.29, 0.717) is 0 Å². The van der Waals surface area contributed by atoms with Crippen LogP contribution in [0.25, 0.3) is 0 Å². The molecule has 0 radical (unpaired) electrons. The molecule has 12 heavy (non-hydrogen) atoms. The largest absolute Gasteiger partial charge is 2.00 e. The Morgan fingerprint density at radius 1 is 1.17 bits per heavy atom. The molecule has 0 N–H and O–H groups in total. The van der Waals surface area contributed by atoms with Gasteiger partial charge >= 0.3 is 49.7 Å². The molecule has 0 saturated carbocycles. The molecular weight excluding hydrogens is 196 g/mol. The van der Waals surface area contributed by atoms with E-state index in [1.807, 2.05) is 0 Å². The fourth-order valence-corrected chi connectivity index (χ4v) is 0.303. The van der Waals surface area contributed by atoms with Crippen molar-refractivity contribution < 1.29 is 29.3 Å². The molecule has 0 aromatic heterocycles. The van der Waals surface area contributed by atoms with Crippen molar-refractivity contribution >= 4 is 55.8 Å². The van der Waals surface area contributed by atoms with E-state index in [-0.39, 0.29) is 37.7 Å². The van der Waals surface area contributed by atoms with Gasteiger partial charge in [0.15, 0.2) is 0 Å². The van der Waals surface area contributed by atoms with Crippen LogP contribution >= 0.6 is 0 Å². The van der Waals surface area contributed by atoms with Crippen molar-refractivity contribution in [3.63, 3.8) is 0 Å². The van der Waals surface area contributed by atoms with Crippen molar-refractivity contribution in [1.82, 2.24) is 0 Å². The zero-order valence-corrected chi connectivity index (χ0v) is 8.02. The van der Waals surface area contributed by atoms with Crippen LogP contribution in [0.5, 0.6) is 0 Å². The van der Waals surface area contributed by atoms with Gasteiger partial charge in [-0.1, -0.05) is 0 Å². The second-order valence-corrected chi connectivity index (χ2v) is 1.32. The maximum absolute atomic E-state index is 9.92. The fraction of sp³-hybridized carbons (Fsp3) is 0. The summed E-state index contributed by atoms with van der Waals surface area (Å²) in [5.41, 5.74) is 0. The molecule has 1 aliphatic heterocycles. The predicted molar refractivity (Wildman–Crippen MR) is 31.4 cm³/mol. The number of carboxylic acid groups (broad SMARTS) is 2. The van der Waals surface area contributed by atoms with E-state index in [1.165, 1.54) is 0 Å². The molecule has 0 spiro atoms. The maximum Gasteiger partial charge on any atom is 2.00 e. The van der Waals surface area contributed by atoms with E-state index in [0.717, 1.165) is 12.2 Å². The first kappa shape index (κ1) is 14.0. The van der Waals surface area contributed by atoms with Gasteiger partial charge in [0.1, 0.15) is 0 Å². The maximum atomic E-state index is 9.92. The van der Waals surface area contributed by atoms with Crippen molar-refractivity contribution in [1.29, 1.82) is 0 Å². The van der Waals surface area contributed by atoms with Crippen LogP contribution in [-0.2, 0) is 14.3 Å². The number of carbonyl (C=O) groups excluding carboxylic acids is 3. The van der Waals surface area contributed by atoms with Crippen LogP contribution in [0.3, 0.4) is 0 Å². The minimum atomic E-state index is -2.33. The summed E-state index contributed by atoms with van der Waals surface area (Å²) in [5.74, 6) is -1.16. The summed E-state index contributed by atoms with van der Waals surface area (Å²) in [4.78, 5) is 28.2. The van der Waals surface area contributed by atoms with Crippen molar-refractivity contribution in [3.8, 4) is 0 Å². The Morgan fingerprint density at radius 2 is 1.42 bits per heavy atom. The molecule has 60 valence electrons. The van der Waals surface area contributed by atoms with Crippen molar-refractivity contribution in [2.24, 2.45) is 0 Å². The summed E-state index contributed by atoms with van der Waals surface area (Å²) in [6, 6.07) is 0. The normalized spacial score (nSPS) is 12.3. The Bertz CT molecular complexity index is 200. The van der Waals surface area contributed by atoms with Crippen LogP contribution in [0.2, 0.25) is 0 Å². The molecule has 0 bridgehead atoms. The topological polar surface area (TPSA) is 107 Å². The zero-order chi connectivity index (χ0) is 8.85. The molecule has 1 rings (SSSR count). The number of rotatable bonds is 0. The molecule has 1 aliphatic rings. The first-order valence-corrected chi connectivity index (χ1v) is 2.34. The summed E-state index contributed by atoms with van der Waals surface area (Å²) in [5, 5.41) is 16.7. The van der Waals surface area contributed by atoms with Gasteiger partial charge in [0.25, 0.3) is 0 Å². The molecule has 0 fully saturated rings. The van der Waals surface area contributed by atoms with Gasteiger partial charge in [0.2, 0.25) is 0 Å². The molecule has 1 heterocycles. The quantitative estimate of drug-likeness (QED) is 0.230. The number of esters is 2. The summed E-state index contributed by atoms with van der Waals surface area (Å²) in [6.45, 7) is 0. The minimum absolute atomic E-state index is 0. The van der Waals surface area contributed by atoms with Gasteiger partial charge in [0.05, 0.1) is 0 Å². The average Bonchev–Trinajstić information content (AvgIpc) is 2.13. The van der Waals surface area contributed by atoms with Gasteiger partial charge < -0.3 is 19.7 Å². The number of ether oxygens (including phenoxy) is 1. The third-order valence-corrected chi connectivity index (χ3v) is 0.557. The van der Waals surface area contributed by atoms with Gasteiger partial charge in [0, 0.05) is 12.2 Å². The molecule has 0 unspecified atom stereocenters. The fourth-order valence-electron chi connectivity index (χ4n) is 0.303. The van der Waals surface area contributed by atoms with E-state index in [9.17, 15) is 9.59 Å². The van der Waals surface area contributed by atoms with Crippen molar-refractivity contribution in [2.45, 2.75) is 0 Å². The van der Waals surface area contributed by atoms with E-state index < -0.39 is 18.1 Å². The molecule has 0 aliphatic carbocycles. The SMILES string of the molecule is O=C([O-])[O-].O=C1C=CC(=O)O1.[Ca+2]. The van der Waals surface area contributed by atoms with Crippen LogP contribution in [0.4, 0.5) is 4.79 Å². The Labute approximate surface area is 96.8 Å². The monoisotopic (exact) mass is 198 g/mol. The molecule has 0 saturated heterocycles. The van der Waals surface area contributed by atoms with E-state index >= 15 is 0 Å². The Balaban J connectivity index is 0. The van der Waals surface area contributed by atoms with Crippen LogP contribution in [0.1, 0.15) is 0 Å². The minimum Gasteiger partial charge on any atom is -0.652 e. The van der Waals surface area contributed by atoms with Gasteiger partial charge in [-0.15, -0.1) is 0 Å².